The molecular formula is C19H23N3O5S. The van der Waals surface area contributed by atoms with Crippen molar-refractivity contribution >= 4 is 27.3 Å². The number of hydrogen-bond acceptors (Lipinski definition) is 5. The van der Waals surface area contributed by atoms with Crippen molar-refractivity contribution in [2.24, 2.45) is 0 Å². The summed E-state index contributed by atoms with van der Waals surface area (Å²) in [6.45, 7) is 7.37. The van der Waals surface area contributed by atoms with Gasteiger partial charge in [0.2, 0.25) is 10.0 Å². The summed E-state index contributed by atoms with van der Waals surface area (Å²) >= 11 is 0. The molecule has 9 heteroatoms. The highest BCUT2D eigenvalue weighted by Crippen LogP contribution is 2.26. The summed E-state index contributed by atoms with van der Waals surface area (Å²) in [6.07, 6.45) is 0. The van der Waals surface area contributed by atoms with E-state index in [1.165, 1.54) is 16.4 Å². The molecule has 0 radical (unpaired) electrons. The van der Waals surface area contributed by atoms with E-state index in [1.807, 2.05) is 0 Å². The summed E-state index contributed by atoms with van der Waals surface area (Å²) in [6, 6.07) is 9.01. The zero-order valence-corrected chi connectivity index (χ0v) is 17.0. The average molecular weight is 405 g/mol. The smallest absolute Gasteiger partial charge is 0.285 e. The molecule has 0 aliphatic heterocycles. The Morgan fingerprint density at radius 1 is 1.11 bits per heavy atom. The molecule has 8 nitrogen and oxygen atoms in total. The van der Waals surface area contributed by atoms with Crippen molar-refractivity contribution in [1.29, 1.82) is 0 Å². The Labute approximate surface area is 164 Å². The first-order chi connectivity index (χ1) is 13.1. The van der Waals surface area contributed by atoms with E-state index < -0.39 is 20.9 Å². The Morgan fingerprint density at radius 3 is 2.32 bits per heavy atom. The Bertz CT molecular complexity index is 1010. The third kappa shape index (κ3) is 4.20. The molecule has 1 N–H and O–H groups in total. The number of amides is 1. The van der Waals surface area contributed by atoms with E-state index in [0.29, 0.717) is 24.2 Å². The van der Waals surface area contributed by atoms with E-state index in [0.717, 1.165) is 0 Å². The molecule has 150 valence electrons. The molecule has 0 spiro atoms. The maximum absolute atomic E-state index is 12.8. The highest BCUT2D eigenvalue weighted by atomic mass is 32.2. The van der Waals surface area contributed by atoms with Crippen LogP contribution in [0.3, 0.4) is 0 Å². The first-order valence-electron chi connectivity index (χ1n) is 8.79. The maximum Gasteiger partial charge on any atom is 0.285 e. The van der Waals surface area contributed by atoms with Crippen molar-refractivity contribution in [3.05, 3.63) is 63.2 Å². The SMILES string of the molecule is CCN(CC)S(=O)(=O)c1cc(NC(=O)c2cccc(C)c2[N+](=O)[O-])ccc1C. The van der Waals surface area contributed by atoms with E-state index >= 15 is 0 Å². The number of rotatable bonds is 7. The van der Waals surface area contributed by atoms with Gasteiger partial charge in [0.05, 0.1) is 9.82 Å². The van der Waals surface area contributed by atoms with Crippen molar-refractivity contribution < 1.29 is 18.1 Å². The molecule has 0 bridgehead atoms. The number of benzene rings is 2. The Kier molecular flexibility index (Phi) is 6.52. The summed E-state index contributed by atoms with van der Waals surface area (Å²) in [7, 11) is -3.71. The summed E-state index contributed by atoms with van der Waals surface area (Å²) in [5.41, 5.74) is 0.803. The van der Waals surface area contributed by atoms with Crippen LogP contribution in [0.2, 0.25) is 0 Å². The summed E-state index contributed by atoms with van der Waals surface area (Å²) in [5, 5.41) is 13.9. The van der Waals surface area contributed by atoms with Gasteiger partial charge in [0.25, 0.3) is 11.6 Å². The van der Waals surface area contributed by atoms with E-state index in [4.69, 9.17) is 0 Å². The lowest BCUT2D eigenvalue weighted by molar-refractivity contribution is -0.385. The van der Waals surface area contributed by atoms with Gasteiger partial charge in [0, 0.05) is 24.3 Å². The molecule has 0 unspecified atom stereocenters. The molecule has 0 aromatic heterocycles. The van der Waals surface area contributed by atoms with Crippen LogP contribution >= 0.6 is 0 Å². The number of carbonyl (C=O) groups excluding carboxylic acids is 1. The van der Waals surface area contributed by atoms with E-state index in [2.05, 4.69) is 5.32 Å². The minimum absolute atomic E-state index is 0.0845. The van der Waals surface area contributed by atoms with Gasteiger partial charge >= 0.3 is 0 Å². The normalized spacial score (nSPS) is 11.5. The first kappa shape index (κ1) is 21.5. The average Bonchev–Trinajstić information content (AvgIpc) is 2.63. The Balaban J connectivity index is 2.43. The monoisotopic (exact) mass is 405 g/mol. The largest absolute Gasteiger partial charge is 0.322 e. The van der Waals surface area contributed by atoms with E-state index in [1.54, 1.807) is 52.0 Å². The zero-order chi connectivity index (χ0) is 21.1. The van der Waals surface area contributed by atoms with Crippen molar-refractivity contribution in [3.8, 4) is 0 Å². The third-order valence-corrected chi connectivity index (χ3v) is 6.63. The molecule has 0 heterocycles. The number of para-hydroxylation sites is 1. The van der Waals surface area contributed by atoms with Crippen LogP contribution in [-0.2, 0) is 10.0 Å². The van der Waals surface area contributed by atoms with Crippen molar-refractivity contribution in [2.45, 2.75) is 32.6 Å². The van der Waals surface area contributed by atoms with Gasteiger partial charge in [-0.2, -0.15) is 4.31 Å². The van der Waals surface area contributed by atoms with Crippen LogP contribution in [0.5, 0.6) is 0 Å². The van der Waals surface area contributed by atoms with Gasteiger partial charge in [-0.25, -0.2) is 8.42 Å². The number of anilines is 1. The quantitative estimate of drug-likeness (QED) is 0.560. The number of sulfonamides is 1. The summed E-state index contributed by atoms with van der Waals surface area (Å²) in [5.74, 6) is -0.676. The predicted molar refractivity (Wildman–Crippen MR) is 107 cm³/mol. The summed E-state index contributed by atoms with van der Waals surface area (Å²) < 4.78 is 27.0. The standard InChI is InChI=1S/C19H23N3O5S/c1-5-21(6-2)28(26,27)17-12-15(11-10-13(17)3)20-19(23)16-9-7-8-14(4)18(16)22(24)25/h7-12H,5-6H2,1-4H3,(H,20,23). The molecule has 2 aromatic rings. The molecule has 28 heavy (non-hydrogen) atoms. The number of carbonyl (C=O) groups is 1. The molecule has 2 rings (SSSR count). The molecule has 0 aliphatic rings. The fourth-order valence-electron chi connectivity index (χ4n) is 2.94. The molecule has 1 amide bonds. The molecule has 0 aliphatic carbocycles. The van der Waals surface area contributed by atoms with E-state index in [9.17, 15) is 23.3 Å². The minimum atomic E-state index is -3.71. The van der Waals surface area contributed by atoms with Gasteiger partial charge < -0.3 is 5.32 Å². The number of nitro groups is 1. The molecule has 0 saturated carbocycles. The topological polar surface area (TPSA) is 110 Å². The number of nitro benzene ring substituents is 1. The van der Waals surface area contributed by atoms with Crippen LogP contribution < -0.4 is 5.32 Å². The minimum Gasteiger partial charge on any atom is -0.322 e. The fourth-order valence-corrected chi connectivity index (χ4v) is 4.65. The molecular weight excluding hydrogens is 382 g/mol. The van der Waals surface area contributed by atoms with Gasteiger partial charge in [-0.3, -0.25) is 14.9 Å². The Hall–Kier alpha value is -2.78. The number of aryl methyl sites for hydroxylation is 2. The lowest BCUT2D eigenvalue weighted by Crippen LogP contribution is -2.31. The lowest BCUT2D eigenvalue weighted by atomic mass is 10.1. The highest BCUT2D eigenvalue weighted by Gasteiger charge is 2.25. The van der Waals surface area contributed by atoms with Crippen LogP contribution in [0.25, 0.3) is 0 Å². The van der Waals surface area contributed by atoms with Gasteiger partial charge in [-0.15, -0.1) is 0 Å². The zero-order valence-electron chi connectivity index (χ0n) is 16.2. The molecule has 0 saturated heterocycles. The third-order valence-electron chi connectivity index (χ3n) is 4.43. The number of nitrogens with one attached hydrogen (secondary N) is 1. The van der Waals surface area contributed by atoms with Crippen LogP contribution in [0, 0.1) is 24.0 Å². The second-order valence-electron chi connectivity index (χ2n) is 6.25. The summed E-state index contributed by atoms with van der Waals surface area (Å²) in [4.78, 5) is 23.4. The molecule has 0 fully saturated rings. The Morgan fingerprint density at radius 2 is 1.75 bits per heavy atom. The van der Waals surface area contributed by atoms with Gasteiger partial charge in [0.15, 0.2) is 0 Å². The number of hydrogen-bond donors (Lipinski definition) is 1. The predicted octanol–water partition coefficient (Wildman–Crippen LogP) is 3.49. The van der Waals surface area contributed by atoms with Crippen LogP contribution in [0.15, 0.2) is 41.3 Å². The van der Waals surface area contributed by atoms with Crippen LogP contribution in [0.4, 0.5) is 11.4 Å². The maximum atomic E-state index is 12.8. The van der Waals surface area contributed by atoms with Crippen LogP contribution in [0.1, 0.15) is 35.3 Å². The molecule has 0 atom stereocenters. The van der Waals surface area contributed by atoms with Crippen molar-refractivity contribution in [3.63, 3.8) is 0 Å². The van der Waals surface area contributed by atoms with Gasteiger partial charge in [-0.1, -0.05) is 32.0 Å². The first-order valence-corrected chi connectivity index (χ1v) is 10.2. The van der Waals surface area contributed by atoms with Gasteiger partial charge in [0.1, 0.15) is 5.56 Å². The fraction of sp³-hybridized carbons (Fsp3) is 0.316. The second-order valence-corrected chi connectivity index (χ2v) is 8.16. The van der Waals surface area contributed by atoms with Gasteiger partial charge in [-0.05, 0) is 37.6 Å². The van der Waals surface area contributed by atoms with Crippen molar-refractivity contribution in [2.75, 3.05) is 18.4 Å². The highest BCUT2D eigenvalue weighted by molar-refractivity contribution is 7.89. The van der Waals surface area contributed by atoms with E-state index in [-0.39, 0.29) is 21.8 Å². The molecule has 2 aromatic carbocycles. The van der Waals surface area contributed by atoms with Crippen molar-refractivity contribution in [1.82, 2.24) is 4.31 Å². The second kappa shape index (κ2) is 8.49. The number of nitrogens with zero attached hydrogens (tertiary/aromatic N) is 2. The van der Waals surface area contributed by atoms with Crippen LogP contribution in [-0.4, -0.2) is 36.6 Å². The lowest BCUT2D eigenvalue weighted by Gasteiger charge is -2.20.